The quantitative estimate of drug-likeness (QED) is 0.602. The summed E-state index contributed by atoms with van der Waals surface area (Å²) < 4.78 is 39.6. The van der Waals surface area contributed by atoms with E-state index < -0.39 is 46.2 Å². The lowest BCUT2D eigenvalue weighted by molar-refractivity contribution is -0.148. The van der Waals surface area contributed by atoms with Crippen molar-refractivity contribution in [3.8, 4) is 0 Å². The number of hydrogen-bond acceptors (Lipinski definition) is 6. The van der Waals surface area contributed by atoms with Gasteiger partial charge in [-0.15, -0.1) is 0 Å². The molecule has 21 heavy (non-hydrogen) atoms. The molecule has 8 nitrogen and oxygen atoms in total. The third-order valence-corrected chi connectivity index (χ3v) is 3.42. The van der Waals surface area contributed by atoms with E-state index in [-0.39, 0.29) is 0 Å². The second-order valence-electron chi connectivity index (χ2n) is 5.79. The number of carbonyl (C=O) groups excluding carboxylic acids is 2. The van der Waals surface area contributed by atoms with Crippen molar-refractivity contribution in [1.82, 2.24) is 4.90 Å². The molecule has 9 heteroatoms. The van der Waals surface area contributed by atoms with Gasteiger partial charge in [0.25, 0.3) is 10.1 Å². The van der Waals surface area contributed by atoms with Gasteiger partial charge in [0.2, 0.25) is 0 Å². The molecule has 0 aromatic heterocycles. The second kappa shape index (κ2) is 6.61. The molecule has 1 aliphatic heterocycles. The summed E-state index contributed by atoms with van der Waals surface area (Å²) >= 11 is 0. The molecule has 0 saturated carbocycles. The molecular formula is C12H21NO7S. The number of rotatable bonds is 4. The fourth-order valence-electron chi connectivity index (χ4n) is 1.89. The lowest BCUT2D eigenvalue weighted by Gasteiger charge is -2.27. The van der Waals surface area contributed by atoms with Crippen LogP contribution in [0.15, 0.2) is 0 Å². The second-order valence-corrected chi connectivity index (χ2v) is 7.36. The molecule has 0 aromatic carbocycles. The molecule has 1 heterocycles. The van der Waals surface area contributed by atoms with Gasteiger partial charge >= 0.3 is 12.1 Å². The van der Waals surface area contributed by atoms with Crippen LogP contribution in [0, 0.1) is 0 Å². The molecule has 1 atom stereocenters. The minimum Gasteiger partial charge on any atom is -0.463 e. The van der Waals surface area contributed by atoms with E-state index in [9.17, 15) is 18.0 Å². The van der Waals surface area contributed by atoms with Crippen LogP contribution in [0.2, 0.25) is 0 Å². The molecule has 0 radical (unpaired) electrons. The summed E-state index contributed by atoms with van der Waals surface area (Å²) in [5, 5.41) is 0. The standard InChI is InChI=1S/C12H21NO7S/c1-12(2,3)20-11(15)13-6-4-5-9(13)10(14)19-7-8-21(16,17)18/h9H,4-8H2,1-3H3,(H,16,17,18). The summed E-state index contributed by atoms with van der Waals surface area (Å²) in [5.41, 5.74) is -0.668. The largest absolute Gasteiger partial charge is 0.463 e. The van der Waals surface area contributed by atoms with Crippen LogP contribution in [0.5, 0.6) is 0 Å². The van der Waals surface area contributed by atoms with Crippen molar-refractivity contribution >= 4 is 22.2 Å². The SMILES string of the molecule is CC(C)(C)OC(=O)N1CCCC1C(=O)OCCS(=O)(=O)O. The first-order chi connectivity index (χ1) is 9.49. The zero-order valence-corrected chi connectivity index (χ0v) is 13.2. The molecule has 1 saturated heterocycles. The highest BCUT2D eigenvalue weighted by Crippen LogP contribution is 2.21. The number of nitrogens with zero attached hydrogens (tertiary/aromatic N) is 1. The minimum absolute atomic E-state index is 0.382. The molecule has 0 aromatic rings. The van der Waals surface area contributed by atoms with Crippen molar-refractivity contribution in [2.24, 2.45) is 0 Å². The van der Waals surface area contributed by atoms with Gasteiger partial charge in [-0.1, -0.05) is 0 Å². The van der Waals surface area contributed by atoms with E-state index in [1.807, 2.05) is 0 Å². The number of hydrogen-bond donors (Lipinski definition) is 1. The van der Waals surface area contributed by atoms with Gasteiger partial charge in [-0.05, 0) is 33.6 Å². The maximum absolute atomic E-state index is 12.0. The Morgan fingerprint density at radius 2 is 1.95 bits per heavy atom. The molecule has 1 unspecified atom stereocenters. The summed E-state index contributed by atoms with van der Waals surface area (Å²) in [6, 6.07) is -0.777. The van der Waals surface area contributed by atoms with Gasteiger partial charge in [0.1, 0.15) is 24.0 Å². The number of likely N-dealkylation sites (tertiary alicyclic amines) is 1. The average Bonchev–Trinajstić information content (AvgIpc) is 2.73. The summed E-state index contributed by atoms with van der Waals surface area (Å²) in [5.74, 6) is -1.36. The van der Waals surface area contributed by atoms with Crippen LogP contribution in [0.4, 0.5) is 4.79 Å². The summed E-state index contributed by atoms with van der Waals surface area (Å²) in [6.45, 7) is 5.10. The van der Waals surface area contributed by atoms with Crippen LogP contribution in [0.25, 0.3) is 0 Å². The monoisotopic (exact) mass is 323 g/mol. The zero-order chi connectivity index (χ0) is 16.3. The predicted octanol–water partition coefficient (Wildman–Crippen LogP) is 0.817. The number of amides is 1. The highest BCUT2D eigenvalue weighted by molar-refractivity contribution is 7.85. The van der Waals surface area contributed by atoms with Gasteiger partial charge in [-0.3, -0.25) is 9.45 Å². The minimum atomic E-state index is -4.18. The average molecular weight is 323 g/mol. The Labute approximate surface area is 124 Å². The van der Waals surface area contributed by atoms with E-state index in [2.05, 4.69) is 0 Å². The van der Waals surface area contributed by atoms with Gasteiger partial charge in [0, 0.05) is 6.54 Å². The van der Waals surface area contributed by atoms with Crippen LogP contribution < -0.4 is 0 Å². The predicted molar refractivity (Wildman–Crippen MR) is 73.3 cm³/mol. The Morgan fingerprint density at radius 1 is 1.33 bits per heavy atom. The van der Waals surface area contributed by atoms with Crippen LogP contribution in [-0.2, 0) is 24.4 Å². The Bertz CT molecular complexity index is 494. The van der Waals surface area contributed by atoms with E-state index in [1.165, 1.54) is 4.90 Å². The normalized spacial score (nSPS) is 19.4. The number of ether oxygens (including phenoxy) is 2. The number of carbonyl (C=O) groups is 2. The van der Waals surface area contributed by atoms with Crippen molar-refractivity contribution in [3.05, 3.63) is 0 Å². The van der Waals surface area contributed by atoms with E-state index in [0.717, 1.165) is 0 Å². The van der Waals surface area contributed by atoms with E-state index in [0.29, 0.717) is 19.4 Å². The molecule has 1 N–H and O–H groups in total. The van der Waals surface area contributed by atoms with Gasteiger partial charge < -0.3 is 9.47 Å². The molecule has 1 aliphatic rings. The molecule has 0 bridgehead atoms. The molecule has 1 amide bonds. The lowest BCUT2D eigenvalue weighted by Crippen LogP contribution is -2.44. The first kappa shape index (κ1) is 17.7. The number of esters is 1. The molecule has 122 valence electrons. The molecular weight excluding hydrogens is 302 g/mol. The van der Waals surface area contributed by atoms with Crippen LogP contribution in [0.1, 0.15) is 33.6 Å². The summed E-state index contributed by atoms with van der Waals surface area (Å²) in [4.78, 5) is 25.1. The van der Waals surface area contributed by atoms with E-state index in [1.54, 1.807) is 20.8 Å². The van der Waals surface area contributed by atoms with Gasteiger partial charge in [0.05, 0.1) is 0 Å². The Kier molecular flexibility index (Phi) is 5.57. The first-order valence-electron chi connectivity index (χ1n) is 6.61. The Balaban J connectivity index is 2.56. The molecule has 0 spiro atoms. The van der Waals surface area contributed by atoms with E-state index >= 15 is 0 Å². The van der Waals surface area contributed by atoms with Crippen molar-refractivity contribution in [1.29, 1.82) is 0 Å². The third kappa shape index (κ3) is 6.30. The maximum Gasteiger partial charge on any atom is 0.411 e. The summed E-state index contributed by atoms with van der Waals surface area (Å²) in [6.07, 6.45) is 0.470. The zero-order valence-electron chi connectivity index (χ0n) is 12.4. The smallest absolute Gasteiger partial charge is 0.411 e. The molecule has 1 rings (SSSR count). The topological polar surface area (TPSA) is 110 Å². The first-order valence-corrected chi connectivity index (χ1v) is 8.22. The maximum atomic E-state index is 12.0. The third-order valence-electron chi connectivity index (χ3n) is 2.74. The summed E-state index contributed by atoms with van der Waals surface area (Å²) in [7, 11) is -4.18. The highest BCUT2D eigenvalue weighted by Gasteiger charge is 2.37. The van der Waals surface area contributed by atoms with Gasteiger partial charge in [-0.2, -0.15) is 8.42 Å². The Morgan fingerprint density at radius 3 is 2.48 bits per heavy atom. The fraction of sp³-hybridized carbons (Fsp3) is 0.833. The van der Waals surface area contributed by atoms with Crippen LogP contribution >= 0.6 is 0 Å². The van der Waals surface area contributed by atoms with E-state index in [4.69, 9.17) is 14.0 Å². The highest BCUT2D eigenvalue weighted by atomic mass is 32.2. The van der Waals surface area contributed by atoms with Crippen molar-refractivity contribution in [3.63, 3.8) is 0 Å². The van der Waals surface area contributed by atoms with Crippen molar-refractivity contribution < 1.29 is 32.0 Å². The van der Waals surface area contributed by atoms with Crippen molar-refractivity contribution in [2.75, 3.05) is 18.9 Å². The van der Waals surface area contributed by atoms with Gasteiger partial charge in [0.15, 0.2) is 0 Å². The lowest BCUT2D eigenvalue weighted by atomic mass is 10.2. The van der Waals surface area contributed by atoms with Crippen LogP contribution in [0.3, 0.4) is 0 Å². The van der Waals surface area contributed by atoms with Crippen LogP contribution in [-0.4, -0.2) is 60.5 Å². The fourth-order valence-corrected chi connectivity index (χ4v) is 2.19. The molecule has 0 aliphatic carbocycles. The molecule has 1 fully saturated rings. The van der Waals surface area contributed by atoms with Gasteiger partial charge in [-0.25, -0.2) is 9.59 Å². The van der Waals surface area contributed by atoms with Crippen molar-refractivity contribution in [2.45, 2.75) is 45.3 Å². The Hall–Kier alpha value is -1.35.